The SMILES string of the molecule is CC(=O)Nc1ccc(NC(=O)/C=C/c2ccc(-c3ccc(F)cc3)s2)c(Cl)c1. The quantitative estimate of drug-likeness (QED) is 0.517. The van der Waals surface area contributed by atoms with Crippen LogP contribution >= 0.6 is 22.9 Å². The van der Waals surface area contributed by atoms with Crippen molar-refractivity contribution in [1.82, 2.24) is 0 Å². The van der Waals surface area contributed by atoms with Gasteiger partial charge in [0.15, 0.2) is 0 Å². The van der Waals surface area contributed by atoms with E-state index in [1.165, 1.54) is 36.5 Å². The van der Waals surface area contributed by atoms with E-state index in [2.05, 4.69) is 10.6 Å². The van der Waals surface area contributed by atoms with Crippen molar-refractivity contribution in [3.8, 4) is 10.4 Å². The van der Waals surface area contributed by atoms with Gasteiger partial charge in [0.25, 0.3) is 0 Å². The standard InChI is InChI=1S/C21H16ClFN2O2S/c1-13(26)24-16-6-9-19(18(22)12-16)25-21(27)11-8-17-7-10-20(28-17)14-2-4-15(23)5-3-14/h2-12H,1H3,(H,24,26)(H,25,27)/b11-8+. The molecule has 0 aliphatic carbocycles. The van der Waals surface area contributed by atoms with Gasteiger partial charge >= 0.3 is 0 Å². The van der Waals surface area contributed by atoms with Crippen molar-refractivity contribution in [1.29, 1.82) is 0 Å². The van der Waals surface area contributed by atoms with Crippen LogP contribution < -0.4 is 10.6 Å². The third kappa shape index (κ3) is 5.28. The van der Waals surface area contributed by atoms with Gasteiger partial charge in [-0.3, -0.25) is 9.59 Å². The van der Waals surface area contributed by atoms with Crippen molar-refractivity contribution < 1.29 is 14.0 Å². The normalized spacial score (nSPS) is 10.8. The molecule has 0 atom stereocenters. The summed E-state index contributed by atoms with van der Waals surface area (Å²) >= 11 is 7.64. The largest absolute Gasteiger partial charge is 0.326 e. The van der Waals surface area contributed by atoms with Crippen LogP contribution in [0.2, 0.25) is 5.02 Å². The summed E-state index contributed by atoms with van der Waals surface area (Å²) in [6, 6.07) is 14.9. The summed E-state index contributed by atoms with van der Waals surface area (Å²) in [5, 5.41) is 5.64. The van der Waals surface area contributed by atoms with Gasteiger partial charge in [-0.15, -0.1) is 11.3 Å². The molecule has 0 unspecified atom stereocenters. The van der Waals surface area contributed by atoms with Gasteiger partial charge in [-0.05, 0) is 54.1 Å². The summed E-state index contributed by atoms with van der Waals surface area (Å²) in [6.45, 7) is 1.40. The number of thiophene rings is 1. The maximum Gasteiger partial charge on any atom is 0.248 e. The zero-order valence-electron chi connectivity index (χ0n) is 14.8. The minimum atomic E-state index is -0.328. The molecule has 142 valence electrons. The van der Waals surface area contributed by atoms with E-state index in [0.29, 0.717) is 16.4 Å². The van der Waals surface area contributed by atoms with Gasteiger partial charge in [-0.25, -0.2) is 4.39 Å². The number of hydrogen-bond acceptors (Lipinski definition) is 3. The van der Waals surface area contributed by atoms with Crippen LogP contribution in [0.3, 0.4) is 0 Å². The van der Waals surface area contributed by atoms with E-state index in [4.69, 9.17) is 11.6 Å². The number of nitrogens with one attached hydrogen (secondary N) is 2. The van der Waals surface area contributed by atoms with Crippen molar-refractivity contribution in [2.45, 2.75) is 6.92 Å². The molecule has 28 heavy (non-hydrogen) atoms. The van der Waals surface area contributed by atoms with Crippen LogP contribution in [0.25, 0.3) is 16.5 Å². The van der Waals surface area contributed by atoms with Crippen molar-refractivity contribution >= 4 is 52.2 Å². The highest BCUT2D eigenvalue weighted by Crippen LogP contribution is 2.29. The topological polar surface area (TPSA) is 58.2 Å². The van der Waals surface area contributed by atoms with Crippen molar-refractivity contribution in [2.75, 3.05) is 10.6 Å². The lowest BCUT2D eigenvalue weighted by molar-refractivity contribution is -0.114. The molecule has 0 aliphatic rings. The predicted molar refractivity (Wildman–Crippen MR) is 113 cm³/mol. The average Bonchev–Trinajstić information content (AvgIpc) is 3.11. The third-order valence-corrected chi connectivity index (χ3v) is 5.11. The molecule has 0 aliphatic heterocycles. The van der Waals surface area contributed by atoms with Crippen LogP contribution in [0, 0.1) is 5.82 Å². The lowest BCUT2D eigenvalue weighted by atomic mass is 10.2. The average molecular weight is 415 g/mol. The van der Waals surface area contributed by atoms with Crippen LogP contribution in [0.4, 0.5) is 15.8 Å². The Labute approximate surface area is 170 Å². The van der Waals surface area contributed by atoms with E-state index < -0.39 is 0 Å². The Kier molecular flexibility index (Phi) is 6.23. The Balaban J connectivity index is 1.64. The van der Waals surface area contributed by atoms with Crippen LogP contribution in [-0.4, -0.2) is 11.8 Å². The summed E-state index contributed by atoms with van der Waals surface area (Å²) in [5.74, 6) is -0.807. The molecular formula is C21H16ClFN2O2S. The Bertz CT molecular complexity index is 1040. The molecule has 1 aromatic heterocycles. The second-order valence-corrected chi connectivity index (χ2v) is 7.43. The fourth-order valence-electron chi connectivity index (χ4n) is 2.44. The number of amides is 2. The zero-order valence-corrected chi connectivity index (χ0v) is 16.4. The molecule has 2 N–H and O–H groups in total. The van der Waals surface area contributed by atoms with E-state index in [1.807, 2.05) is 12.1 Å². The van der Waals surface area contributed by atoms with Gasteiger partial charge < -0.3 is 10.6 Å². The minimum Gasteiger partial charge on any atom is -0.326 e. The first-order valence-corrected chi connectivity index (χ1v) is 9.52. The minimum absolute atomic E-state index is 0.202. The van der Waals surface area contributed by atoms with E-state index in [-0.39, 0.29) is 17.6 Å². The van der Waals surface area contributed by atoms with Gasteiger partial charge in [-0.1, -0.05) is 23.7 Å². The van der Waals surface area contributed by atoms with Gasteiger partial charge in [0.1, 0.15) is 5.82 Å². The highest BCUT2D eigenvalue weighted by atomic mass is 35.5. The van der Waals surface area contributed by atoms with Crippen molar-refractivity contribution in [3.63, 3.8) is 0 Å². The zero-order chi connectivity index (χ0) is 20.1. The monoisotopic (exact) mass is 414 g/mol. The molecule has 0 saturated heterocycles. The number of hydrogen-bond donors (Lipinski definition) is 2. The number of carbonyl (C=O) groups excluding carboxylic acids is 2. The maximum atomic E-state index is 13.0. The molecule has 2 aromatic carbocycles. The van der Waals surface area contributed by atoms with E-state index >= 15 is 0 Å². The van der Waals surface area contributed by atoms with Gasteiger partial charge in [0.05, 0.1) is 10.7 Å². The molecule has 2 amide bonds. The summed E-state index contributed by atoms with van der Waals surface area (Å²) in [4.78, 5) is 25.1. The molecule has 0 fully saturated rings. The molecule has 3 rings (SSSR count). The molecular weight excluding hydrogens is 399 g/mol. The second kappa shape index (κ2) is 8.82. The summed E-state index contributed by atoms with van der Waals surface area (Å²) in [6.07, 6.45) is 3.12. The number of benzene rings is 2. The van der Waals surface area contributed by atoms with Gasteiger partial charge in [0, 0.05) is 28.4 Å². The third-order valence-electron chi connectivity index (χ3n) is 3.70. The predicted octanol–water partition coefficient (Wildman–Crippen LogP) is 5.82. The highest BCUT2D eigenvalue weighted by Gasteiger charge is 2.06. The van der Waals surface area contributed by atoms with Gasteiger partial charge in [-0.2, -0.15) is 0 Å². The Morgan fingerprint density at radius 3 is 2.46 bits per heavy atom. The molecule has 0 radical (unpaired) electrons. The lowest BCUT2D eigenvalue weighted by Gasteiger charge is -2.07. The van der Waals surface area contributed by atoms with Crippen molar-refractivity contribution in [2.24, 2.45) is 0 Å². The van der Waals surface area contributed by atoms with Crippen LogP contribution in [0.5, 0.6) is 0 Å². The molecule has 0 bridgehead atoms. The first-order valence-electron chi connectivity index (χ1n) is 8.33. The highest BCUT2D eigenvalue weighted by molar-refractivity contribution is 7.16. The first kappa shape index (κ1) is 19.8. The molecule has 0 spiro atoms. The number of rotatable bonds is 5. The molecule has 0 saturated carbocycles. The first-order chi connectivity index (χ1) is 13.4. The van der Waals surface area contributed by atoms with E-state index in [1.54, 1.807) is 36.4 Å². The summed E-state index contributed by atoms with van der Waals surface area (Å²) < 4.78 is 13.0. The smallest absolute Gasteiger partial charge is 0.248 e. The van der Waals surface area contributed by atoms with Crippen LogP contribution in [0.1, 0.15) is 11.8 Å². The molecule has 7 heteroatoms. The van der Waals surface area contributed by atoms with Gasteiger partial charge in [0.2, 0.25) is 11.8 Å². The lowest BCUT2D eigenvalue weighted by Crippen LogP contribution is -2.09. The Hall–Kier alpha value is -2.96. The fraction of sp³-hybridized carbons (Fsp3) is 0.0476. The summed E-state index contributed by atoms with van der Waals surface area (Å²) in [5.41, 5.74) is 1.92. The van der Waals surface area contributed by atoms with E-state index in [0.717, 1.165) is 15.3 Å². The van der Waals surface area contributed by atoms with Crippen LogP contribution in [-0.2, 0) is 9.59 Å². The maximum absolute atomic E-state index is 13.0. The number of halogens is 2. The van der Waals surface area contributed by atoms with E-state index in [9.17, 15) is 14.0 Å². The Morgan fingerprint density at radius 2 is 1.79 bits per heavy atom. The number of anilines is 2. The molecule has 1 heterocycles. The molecule has 3 aromatic rings. The second-order valence-electron chi connectivity index (χ2n) is 5.91. The number of carbonyl (C=O) groups is 2. The van der Waals surface area contributed by atoms with Crippen LogP contribution in [0.15, 0.2) is 60.7 Å². The summed E-state index contributed by atoms with van der Waals surface area (Å²) in [7, 11) is 0. The Morgan fingerprint density at radius 1 is 1.04 bits per heavy atom. The van der Waals surface area contributed by atoms with Crippen molar-refractivity contribution in [3.05, 3.63) is 76.4 Å². The molecule has 4 nitrogen and oxygen atoms in total. The fourth-order valence-corrected chi connectivity index (χ4v) is 3.59.